The lowest BCUT2D eigenvalue weighted by Gasteiger charge is -2.34. The topological polar surface area (TPSA) is 102 Å². The zero-order valence-electron chi connectivity index (χ0n) is 34.0. The predicted octanol–water partition coefficient (Wildman–Crippen LogP) is 9.80. The molecule has 0 aliphatic carbocycles. The van der Waals surface area contributed by atoms with Gasteiger partial charge in [0, 0.05) is 19.3 Å². The van der Waals surface area contributed by atoms with Gasteiger partial charge in [0.1, 0.15) is 12.6 Å². The van der Waals surface area contributed by atoms with Crippen LogP contribution in [0.3, 0.4) is 0 Å². The fraction of sp³-hybridized carbons (Fsp3) is 0.884. The van der Waals surface area contributed by atoms with Crippen molar-refractivity contribution in [2.45, 2.75) is 206 Å². The van der Waals surface area contributed by atoms with Crippen LogP contribution in [0.2, 0.25) is 0 Å². The summed E-state index contributed by atoms with van der Waals surface area (Å²) in [6.07, 6.45) is 35.3. The van der Waals surface area contributed by atoms with Gasteiger partial charge in [0.25, 0.3) is 0 Å². The Kier molecular flexibility index (Phi) is 33.8. The highest BCUT2D eigenvalue weighted by atomic mass is 16.6. The molecule has 0 N–H and O–H groups in total. The summed E-state index contributed by atoms with van der Waals surface area (Å²) in [5.41, 5.74) is 0. The van der Waals surface area contributed by atoms with Crippen LogP contribution in [-0.2, 0) is 28.6 Å². The van der Waals surface area contributed by atoms with Crippen molar-refractivity contribution >= 4 is 17.9 Å². The molecule has 0 bridgehead atoms. The first kappa shape index (κ1) is 49.1. The van der Waals surface area contributed by atoms with Gasteiger partial charge in [-0.1, -0.05) is 148 Å². The molecule has 0 fully saturated rings. The van der Waals surface area contributed by atoms with E-state index in [0.29, 0.717) is 12.8 Å². The van der Waals surface area contributed by atoms with Gasteiger partial charge in [-0.15, -0.1) is 0 Å². The number of carboxylic acid groups (broad SMARTS) is 1. The van der Waals surface area contributed by atoms with Gasteiger partial charge in [-0.3, -0.25) is 9.59 Å². The molecule has 0 radical (unpaired) electrons. The SMILES string of the molecule is CCCCCCCCCC/C=C/CCCCCCCCCC(=O)OCC(COCCC(C(=O)[O-])[N+](C)(C)C)OC(=O)CCCCCCCCCC. The lowest BCUT2D eigenvalue weighted by molar-refractivity contribution is -0.889. The lowest BCUT2D eigenvalue weighted by atomic mass is 10.1. The second-order valence-electron chi connectivity index (χ2n) is 15.6. The number of carboxylic acids is 1. The van der Waals surface area contributed by atoms with Crippen LogP contribution in [0, 0.1) is 0 Å². The number of nitrogens with zero attached hydrogens (tertiary/aromatic N) is 1. The van der Waals surface area contributed by atoms with Gasteiger partial charge in [-0.2, -0.15) is 0 Å². The van der Waals surface area contributed by atoms with E-state index in [1.54, 1.807) is 21.1 Å². The number of rotatable bonds is 38. The van der Waals surface area contributed by atoms with Crippen molar-refractivity contribution in [2.24, 2.45) is 0 Å². The van der Waals surface area contributed by atoms with E-state index < -0.39 is 18.1 Å². The summed E-state index contributed by atoms with van der Waals surface area (Å²) in [4.78, 5) is 36.6. The van der Waals surface area contributed by atoms with Crippen LogP contribution in [0.1, 0.15) is 194 Å². The maximum atomic E-state index is 12.6. The minimum absolute atomic E-state index is 0.0441. The van der Waals surface area contributed by atoms with Crippen LogP contribution in [0.25, 0.3) is 0 Å². The van der Waals surface area contributed by atoms with Gasteiger partial charge < -0.3 is 28.6 Å². The molecule has 0 aliphatic heterocycles. The Morgan fingerprint density at radius 2 is 0.980 bits per heavy atom. The molecule has 0 amide bonds. The second kappa shape index (κ2) is 35.1. The van der Waals surface area contributed by atoms with Crippen LogP contribution < -0.4 is 5.11 Å². The molecule has 0 heterocycles. The fourth-order valence-corrected chi connectivity index (χ4v) is 6.30. The summed E-state index contributed by atoms with van der Waals surface area (Å²) in [6, 6.07) is -0.720. The Labute approximate surface area is 314 Å². The number of hydrogen-bond acceptors (Lipinski definition) is 7. The van der Waals surface area contributed by atoms with Gasteiger partial charge >= 0.3 is 11.9 Å². The number of carbonyl (C=O) groups is 3. The van der Waals surface area contributed by atoms with Crippen LogP contribution in [0.15, 0.2) is 12.2 Å². The Morgan fingerprint density at radius 1 is 0.569 bits per heavy atom. The summed E-state index contributed by atoms with van der Waals surface area (Å²) in [5, 5.41) is 11.6. The fourth-order valence-electron chi connectivity index (χ4n) is 6.30. The minimum Gasteiger partial charge on any atom is -0.544 e. The standard InChI is InChI=1S/C43H81NO7/c1-6-8-10-12-14-16-17-18-19-20-21-22-23-24-25-26-28-29-31-33-41(45)50-38-39(37-49-36-35-40(43(47)48)44(3,4)5)51-42(46)34-32-30-27-15-13-11-9-7-2/h20-21,39-40H,6-19,22-38H2,1-5H3/b21-20+. The number of carbonyl (C=O) groups excluding carboxylic acids is 3. The summed E-state index contributed by atoms with van der Waals surface area (Å²) >= 11 is 0. The van der Waals surface area contributed by atoms with E-state index in [2.05, 4.69) is 26.0 Å². The second-order valence-corrected chi connectivity index (χ2v) is 15.6. The average Bonchev–Trinajstić information content (AvgIpc) is 3.08. The first-order valence-corrected chi connectivity index (χ1v) is 21.2. The Balaban J connectivity index is 4.22. The molecule has 0 aromatic heterocycles. The van der Waals surface area contributed by atoms with Crippen molar-refractivity contribution in [3.63, 3.8) is 0 Å². The summed E-state index contributed by atoms with van der Waals surface area (Å²) < 4.78 is 17.1. The van der Waals surface area contributed by atoms with Gasteiger partial charge in [0.15, 0.2) is 6.10 Å². The van der Waals surface area contributed by atoms with E-state index in [-0.39, 0.29) is 42.7 Å². The third kappa shape index (κ3) is 33.6. The van der Waals surface area contributed by atoms with E-state index in [1.165, 1.54) is 122 Å². The quantitative estimate of drug-likeness (QED) is 0.0271. The van der Waals surface area contributed by atoms with Crippen molar-refractivity contribution in [1.29, 1.82) is 0 Å². The number of allylic oxidation sites excluding steroid dienone is 2. The van der Waals surface area contributed by atoms with E-state index in [0.717, 1.165) is 38.5 Å². The molecule has 0 saturated heterocycles. The van der Waals surface area contributed by atoms with E-state index in [9.17, 15) is 19.5 Å². The molecule has 0 spiro atoms. The zero-order chi connectivity index (χ0) is 37.8. The molecule has 51 heavy (non-hydrogen) atoms. The maximum absolute atomic E-state index is 12.6. The molecule has 300 valence electrons. The Morgan fingerprint density at radius 3 is 1.41 bits per heavy atom. The van der Waals surface area contributed by atoms with E-state index in [4.69, 9.17) is 14.2 Å². The average molecular weight is 724 g/mol. The minimum atomic E-state index is -1.12. The van der Waals surface area contributed by atoms with Gasteiger partial charge in [-0.05, 0) is 38.5 Å². The van der Waals surface area contributed by atoms with E-state index in [1.807, 2.05) is 0 Å². The monoisotopic (exact) mass is 724 g/mol. The number of quaternary nitrogens is 1. The first-order chi connectivity index (χ1) is 24.6. The summed E-state index contributed by atoms with van der Waals surface area (Å²) in [5.74, 6) is -1.74. The number of likely N-dealkylation sites (N-methyl/N-ethyl adjacent to an activating group) is 1. The van der Waals surface area contributed by atoms with Gasteiger partial charge in [0.05, 0.1) is 40.3 Å². The van der Waals surface area contributed by atoms with Crippen LogP contribution in [-0.4, -0.2) is 75.5 Å². The number of aliphatic carboxylic acids is 1. The molecule has 8 heteroatoms. The number of ether oxygens (including phenoxy) is 3. The number of esters is 2. The van der Waals surface area contributed by atoms with Crippen LogP contribution in [0.4, 0.5) is 0 Å². The molecule has 2 unspecified atom stereocenters. The molecular weight excluding hydrogens is 642 g/mol. The normalized spacial score (nSPS) is 13.0. The summed E-state index contributed by atoms with van der Waals surface area (Å²) in [7, 11) is 5.40. The molecule has 0 saturated carbocycles. The van der Waals surface area contributed by atoms with Gasteiger partial charge in [-0.25, -0.2) is 0 Å². The highest BCUT2D eigenvalue weighted by Crippen LogP contribution is 2.14. The number of unbranched alkanes of at least 4 members (excludes halogenated alkanes) is 22. The Hall–Kier alpha value is -1.93. The van der Waals surface area contributed by atoms with Crippen molar-refractivity contribution in [3.05, 3.63) is 12.2 Å². The first-order valence-electron chi connectivity index (χ1n) is 21.2. The van der Waals surface area contributed by atoms with Crippen molar-refractivity contribution in [3.8, 4) is 0 Å². The molecule has 0 aromatic carbocycles. The predicted molar refractivity (Wildman–Crippen MR) is 208 cm³/mol. The summed E-state index contributed by atoms with van der Waals surface area (Å²) in [6.45, 7) is 4.63. The maximum Gasteiger partial charge on any atom is 0.306 e. The third-order valence-corrected chi connectivity index (χ3v) is 9.65. The number of hydrogen-bond donors (Lipinski definition) is 0. The molecule has 0 rings (SSSR count). The Bertz CT molecular complexity index is 854. The highest BCUT2D eigenvalue weighted by molar-refractivity contribution is 5.70. The zero-order valence-corrected chi connectivity index (χ0v) is 34.0. The molecule has 2 atom stereocenters. The lowest BCUT2D eigenvalue weighted by Crippen LogP contribution is -2.55. The molecular formula is C43H81NO7. The van der Waals surface area contributed by atoms with E-state index >= 15 is 0 Å². The molecule has 0 aromatic rings. The van der Waals surface area contributed by atoms with Crippen LogP contribution >= 0.6 is 0 Å². The smallest absolute Gasteiger partial charge is 0.306 e. The van der Waals surface area contributed by atoms with Gasteiger partial charge in [0.2, 0.25) is 0 Å². The molecule has 0 aliphatic rings. The third-order valence-electron chi connectivity index (χ3n) is 9.65. The molecule has 8 nitrogen and oxygen atoms in total. The largest absolute Gasteiger partial charge is 0.544 e. The van der Waals surface area contributed by atoms with Crippen molar-refractivity contribution < 1.29 is 38.2 Å². The highest BCUT2D eigenvalue weighted by Gasteiger charge is 2.25. The van der Waals surface area contributed by atoms with Crippen LogP contribution in [0.5, 0.6) is 0 Å². The van der Waals surface area contributed by atoms with Crippen molar-refractivity contribution in [2.75, 3.05) is 41.0 Å². The van der Waals surface area contributed by atoms with Crippen molar-refractivity contribution in [1.82, 2.24) is 0 Å².